The number of carbonyl (C=O) groups is 5. The van der Waals surface area contributed by atoms with E-state index in [1.54, 1.807) is 12.1 Å². The van der Waals surface area contributed by atoms with E-state index in [-0.39, 0.29) is 24.3 Å². The minimum atomic E-state index is -0.978. The molecule has 4 heterocycles. The fourth-order valence-corrected chi connectivity index (χ4v) is 7.08. The molecule has 6 rings (SSSR count). The van der Waals surface area contributed by atoms with Crippen LogP contribution < -0.4 is 5.32 Å². The average Bonchev–Trinajstić information content (AvgIpc) is 3.37. The molecule has 2 aromatic rings. The Kier molecular flexibility index (Phi) is 6.82. The third-order valence-electron chi connectivity index (χ3n) is 9.74. The van der Waals surface area contributed by atoms with Gasteiger partial charge in [-0.15, -0.1) is 0 Å². The molecule has 2 saturated heterocycles. The highest BCUT2D eigenvalue weighted by Gasteiger charge is 2.46. The normalized spacial score (nSPS) is 22.6. The number of amides is 5. The van der Waals surface area contributed by atoms with Crippen molar-refractivity contribution in [3.05, 3.63) is 51.8 Å². The van der Waals surface area contributed by atoms with Crippen LogP contribution in [0.15, 0.2) is 18.2 Å². The topological polar surface area (TPSA) is 122 Å². The lowest BCUT2D eigenvalue weighted by Crippen LogP contribution is -2.54. The third kappa shape index (κ3) is 4.57. The highest BCUT2D eigenvalue weighted by molar-refractivity contribution is 6.24. The second-order valence-corrected chi connectivity index (χ2v) is 12.3. The lowest BCUT2D eigenvalue weighted by Gasteiger charge is -2.43. The smallest absolute Gasteiger partial charge is 0.262 e. The largest absolute Gasteiger partial charge is 0.342 e. The van der Waals surface area contributed by atoms with Crippen LogP contribution >= 0.6 is 0 Å². The summed E-state index contributed by atoms with van der Waals surface area (Å²) < 4.78 is 2.12. The molecule has 10 nitrogen and oxygen atoms in total. The standard InChI is InChI=1S/C31H37N5O5/c1-18-22(19(2)36(33-18)21-12-16-34(17-13-21)30(41)31(3)14-5-15-31)9-8-20-6-4-7-23-26(20)29(40)35(28(23)39)24-10-11-25(37)32-27(24)38/h4,6-7,21,24H,5,8-17H2,1-3H3,(H,32,37,38). The van der Waals surface area contributed by atoms with E-state index < -0.39 is 29.7 Å². The van der Waals surface area contributed by atoms with Gasteiger partial charge in [-0.3, -0.25) is 38.9 Å². The predicted octanol–water partition coefficient (Wildman–Crippen LogP) is 3.04. The van der Waals surface area contributed by atoms with Crippen molar-refractivity contribution >= 4 is 29.5 Å². The van der Waals surface area contributed by atoms with Crippen LogP contribution in [0.4, 0.5) is 0 Å². The molecule has 0 bridgehead atoms. The van der Waals surface area contributed by atoms with Crippen LogP contribution in [0.3, 0.4) is 0 Å². The summed E-state index contributed by atoms with van der Waals surface area (Å²) in [5, 5.41) is 7.14. The number of benzene rings is 1. The lowest BCUT2D eigenvalue weighted by atomic mass is 9.69. The molecule has 4 aliphatic rings. The van der Waals surface area contributed by atoms with Crippen molar-refractivity contribution in [2.45, 2.75) is 90.6 Å². The molecule has 1 aliphatic carbocycles. The van der Waals surface area contributed by atoms with E-state index >= 15 is 0 Å². The van der Waals surface area contributed by atoms with Crippen LogP contribution in [0.2, 0.25) is 0 Å². The van der Waals surface area contributed by atoms with Crippen LogP contribution in [0, 0.1) is 19.3 Å². The van der Waals surface area contributed by atoms with E-state index in [0.717, 1.165) is 72.6 Å². The van der Waals surface area contributed by atoms with Gasteiger partial charge in [0.25, 0.3) is 11.8 Å². The van der Waals surface area contributed by atoms with Crippen molar-refractivity contribution in [3.63, 3.8) is 0 Å². The number of carbonyl (C=O) groups excluding carboxylic acids is 5. The third-order valence-corrected chi connectivity index (χ3v) is 9.74. The number of imide groups is 2. The number of hydrogen-bond donors (Lipinski definition) is 1. The van der Waals surface area contributed by atoms with Gasteiger partial charge in [0.2, 0.25) is 17.7 Å². The van der Waals surface area contributed by atoms with Crippen LogP contribution in [0.1, 0.15) is 101 Å². The Morgan fingerprint density at radius 3 is 2.41 bits per heavy atom. The summed E-state index contributed by atoms with van der Waals surface area (Å²) in [4.78, 5) is 66.7. The van der Waals surface area contributed by atoms with Gasteiger partial charge in [0.05, 0.1) is 22.9 Å². The van der Waals surface area contributed by atoms with Gasteiger partial charge in [-0.05, 0) is 76.0 Å². The molecule has 3 aliphatic heterocycles. The monoisotopic (exact) mass is 559 g/mol. The van der Waals surface area contributed by atoms with Crippen molar-refractivity contribution in [2.24, 2.45) is 5.41 Å². The highest BCUT2D eigenvalue weighted by atomic mass is 16.2. The first-order valence-electron chi connectivity index (χ1n) is 14.8. The molecule has 0 spiro atoms. The summed E-state index contributed by atoms with van der Waals surface area (Å²) in [7, 11) is 0. The van der Waals surface area contributed by atoms with Crippen LogP contribution in [-0.2, 0) is 27.2 Å². The van der Waals surface area contributed by atoms with Crippen LogP contribution in [0.25, 0.3) is 0 Å². The Morgan fingerprint density at radius 2 is 1.76 bits per heavy atom. The summed E-state index contributed by atoms with van der Waals surface area (Å²) in [6.45, 7) is 7.68. The number of fused-ring (bicyclic) bond motifs is 1. The first kappa shape index (κ1) is 27.4. The Bertz CT molecular complexity index is 1460. The summed E-state index contributed by atoms with van der Waals surface area (Å²) in [5.74, 6) is -1.66. The first-order valence-corrected chi connectivity index (χ1v) is 14.8. The van der Waals surface area contributed by atoms with Crippen molar-refractivity contribution in [1.29, 1.82) is 0 Å². The van der Waals surface area contributed by atoms with Crippen molar-refractivity contribution in [1.82, 2.24) is 24.9 Å². The second kappa shape index (κ2) is 10.2. The number of likely N-dealkylation sites (tertiary alicyclic amines) is 1. The van der Waals surface area contributed by atoms with E-state index in [1.807, 2.05) is 17.9 Å². The number of nitrogens with one attached hydrogen (secondary N) is 1. The number of aromatic nitrogens is 2. The zero-order valence-electron chi connectivity index (χ0n) is 24.0. The second-order valence-electron chi connectivity index (χ2n) is 12.3. The van der Waals surface area contributed by atoms with Gasteiger partial charge in [0, 0.05) is 30.6 Å². The van der Waals surface area contributed by atoms with Gasteiger partial charge in [0.1, 0.15) is 6.04 Å². The SMILES string of the molecule is Cc1nn(C2CCN(C(=O)C3(C)CCC3)CC2)c(C)c1CCc1cccc2c1C(=O)N(C1CCC(=O)NC1=O)C2=O. The molecule has 1 saturated carbocycles. The maximum atomic E-state index is 13.5. The summed E-state index contributed by atoms with van der Waals surface area (Å²) in [6.07, 6.45) is 6.31. The molecule has 1 atom stereocenters. The van der Waals surface area contributed by atoms with Crippen molar-refractivity contribution in [2.75, 3.05) is 13.1 Å². The fraction of sp³-hybridized carbons (Fsp3) is 0.548. The summed E-state index contributed by atoms with van der Waals surface area (Å²) >= 11 is 0. The molecular formula is C31H37N5O5. The van der Waals surface area contributed by atoms with Crippen LogP contribution in [-0.4, -0.2) is 68.2 Å². The molecular weight excluding hydrogens is 522 g/mol. The zero-order chi connectivity index (χ0) is 29.1. The molecule has 1 aromatic heterocycles. The zero-order valence-corrected chi connectivity index (χ0v) is 24.0. The lowest BCUT2D eigenvalue weighted by molar-refractivity contribution is -0.147. The Hall–Kier alpha value is -3.82. The van der Waals surface area contributed by atoms with Gasteiger partial charge < -0.3 is 4.90 Å². The van der Waals surface area contributed by atoms with E-state index in [2.05, 4.69) is 23.8 Å². The van der Waals surface area contributed by atoms with E-state index in [1.165, 1.54) is 0 Å². The first-order chi connectivity index (χ1) is 19.6. The molecule has 216 valence electrons. The molecule has 1 aromatic carbocycles. The van der Waals surface area contributed by atoms with Gasteiger partial charge in [-0.1, -0.05) is 25.5 Å². The molecule has 3 fully saturated rings. The van der Waals surface area contributed by atoms with E-state index in [4.69, 9.17) is 5.10 Å². The number of hydrogen-bond acceptors (Lipinski definition) is 6. The molecule has 0 radical (unpaired) electrons. The minimum Gasteiger partial charge on any atom is -0.342 e. The number of nitrogens with zero attached hydrogens (tertiary/aromatic N) is 4. The Balaban J connectivity index is 1.15. The maximum absolute atomic E-state index is 13.5. The number of rotatable bonds is 6. The van der Waals surface area contributed by atoms with Crippen molar-refractivity contribution < 1.29 is 24.0 Å². The van der Waals surface area contributed by atoms with E-state index in [9.17, 15) is 24.0 Å². The van der Waals surface area contributed by atoms with E-state index in [0.29, 0.717) is 29.9 Å². The quantitative estimate of drug-likeness (QED) is 0.543. The summed E-state index contributed by atoms with van der Waals surface area (Å²) in [6, 6.07) is 4.52. The van der Waals surface area contributed by atoms with Crippen LogP contribution in [0.5, 0.6) is 0 Å². The number of piperidine rings is 2. The van der Waals surface area contributed by atoms with Gasteiger partial charge in [-0.2, -0.15) is 5.10 Å². The fourth-order valence-electron chi connectivity index (χ4n) is 7.08. The van der Waals surface area contributed by atoms with Gasteiger partial charge >= 0.3 is 0 Å². The summed E-state index contributed by atoms with van der Waals surface area (Å²) in [5.41, 5.74) is 4.42. The van der Waals surface area contributed by atoms with Gasteiger partial charge in [0.15, 0.2) is 0 Å². The maximum Gasteiger partial charge on any atom is 0.262 e. The number of aryl methyl sites for hydroxylation is 2. The molecule has 41 heavy (non-hydrogen) atoms. The predicted molar refractivity (Wildman–Crippen MR) is 149 cm³/mol. The van der Waals surface area contributed by atoms with Gasteiger partial charge in [-0.25, -0.2) is 0 Å². The Labute approximate surface area is 239 Å². The average molecular weight is 560 g/mol. The Morgan fingerprint density at radius 1 is 1.02 bits per heavy atom. The van der Waals surface area contributed by atoms with Crippen molar-refractivity contribution in [3.8, 4) is 0 Å². The molecule has 5 amide bonds. The molecule has 1 unspecified atom stereocenters. The highest BCUT2D eigenvalue weighted by Crippen LogP contribution is 2.42. The molecule has 10 heteroatoms. The molecule has 1 N–H and O–H groups in total. The minimum absolute atomic E-state index is 0.0912.